The Kier molecular flexibility index (Phi) is 5.38. The molecule has 0 aliphatic carbocycles. The van der Waals surface area contributed by atoms with Gasteiger partial charge in [-0.1, -0.05) is 19.1 Å². The third kappa shape index (κ3) is 4.34. The van der Waals surface area contributed by atoms with Crippen LogP contribution < -0.4 is 5.32 Å². The van der Waals surface area contributed by atoms with Crippen LogP contribution in [0.25, 0.3) is 0 Å². The van der Waals surface area contributed by atoms with Crippen molar-refractivity contribution >= 4 is 0 Å². The summed E-state index contributed by atoms with van der Waals surface area (Å²) in [7, 11) is 0. The molecule has 0 amide bonds. The first-order valence-corrected chi connectivity index (χ1v) is 7.24. The molecule has 0 saturated carbocycles. The van der Waals surface area contributed by atoms with Crippen molar-refractivity contribution in [3.63, 3.8) is 0 Å². The fourth-order valence-corrected chi connectivity index (χ4v) is 2.81. The second kappa shape index (κ2) is 7.28. The molecule has 3 nitrogen and oxygen atoms in total. The van der Waals surface area contributed by atoms with Crippen molar-refractivity contribution < 1.29 is 0 Å². The molecule has 1 aromatic carbocycles. The van der Waals surface area contributed by atoms with Gasteiger partial charge in [-0.3, -0.25) is 4.90 Å². The fraction of sp³-hybridized carbons (Fsp3) is 0.562. The summed E-state index contributed by atoms with van der Waals surface area (Å²) >= 11 is 0. The van der Waals surface area contributed by atoms with Gasteiger partial charge in [0.2, 0.25) is 0 Å². The van der Waals surface area contributed by atoms with Gasteiger partial charge in [0.1, 0.15) is 0 Å². The highest BCUT2D eigenvalue weighted by Gasteiger charge is 2.19. The summed E-state index contributed by atoms with van der Waals surface area (Å²) in [6, 6.07) is 10.2. The van der Waals surface area contributed by atoms with E-state index < -0.39 is 0 Å². The van der Waals surface area contributed by atoms with E-state index in [-0.39, 0.29) is 0 Å². The fourth-order valence-electron chi connectivity index (χ4n) is 2.81. The minimum atomic E-state index is 0.763. The molecular formula is C16H23N3. The number of nitriles is 1. The standard InChI is InChI=1S/C16H23N3/c1-2-18-11-16-7-4-8-19(13-16)12-15-6-3-5-14(9-15)10-17/h3,5-6,9,16,18H,2,4,7-8,11-13H2,1H3. The normalized spacial score (nSPS) is 20.1. The van der Waals surface area contributed by atoms with Crippen LogP contribution in [0.1, 0.15) is 30.9 Å². The molecule has 0 bridgehead atoms. The Labute approximate surface area is 116 Å². The molecule has 0 spiro atoms. The van der Waals surface area contributed by atoms with Crippen molar-refractivity contribution in [2.75, 3.05) is 26.2 Å². The van der Waals surface area contributed by atoms with E-state index in [2.05, 4.69) is 29.3 Å². The van der Waals surface area contributed by atoms with E-state index in [1.165, 1.54) is 31.5 Å². The average molecular weight is 257 g/mol. The molecule has 1 N–H and O–H groups in total. The van der Waals surface area contributed by atoms with E-state index in [0.717, 1.165) is 31.1 Å². The van der Waals surface area contributed by atoms with Gasteiger partial charge >= 0.3 is 0 Å². The summed E-state index contributed by atoms with van der Waals surface area (Å²) in [5, 5.41) is 12.4. The van der Waals surface area contributed by atoms with Crippen LogP contribution in [0.2, 0.25) is 0 Å². The molecule has 102 valence electrons. The molecule has 0 aromatic heterocycles. The van der Waals surface area contributed by atoms with Gasteiger partial charge in [0.15, 0.2) is 0 Å². The molecule has 19 heavy (non-hydrogen) atoms. The Morgan fingerprint density at radius 3 is 3.16 bits per heavy atom. The first kappa shape index (κ1) is 14.0. The quantitative estimate of drug-likeness (QED) is 0.880. The highest BCUT2D eigenvalue weighted by Crippen LogP contribution is 2.18. The molecule has 0 radical (unpaired) electrons. The zero-order valence-electron chi connectivity index (χ0n) is 11.7. The number of hydrogen-bond donors (Lipinski definition) is 1. The maximum absolute atomic E-state index is 8.94. The van der Waals surface area contributed by atoms with Crippen LogP contribution in [0.3, 0.4) is 0 Å². The average Bonchev–Trinajstić information content (AvgIpc) is 2.46. The number of likely N-dealkylation sites (tertiary alicyclic amines) is 1. The van der Waals surface area contributed by atoms with Crippen LogP contribution in [-0.4, -0.2) is 31.1 Å². The van der Waals surface area contributed by atoms with Crippen molar-refractivity contribution in [2.24, 2.45) is 5.92 Å². The summed E-state index contributed by atoms with van der Waals surface area (Å²) in [4.78, 5) is 2.52. The first-order valence-electron chi connectivity index (χ1n) is 7.24. The molecule has 1 atom stereocenters. The van der Waals surface area contributed by atoms with Crippen molar-refractivity contribution in [2.45, 2.75) is 26.3 Å². The van der Waals surface area contributed by atoms with E-state index >= 15 is 0 Å². The molecule has 1 aliphatic rings. The Hall–Kier alpha value is -1.37. The zero-order valence-corrected chi connectivity index (χ0v) is 11.7. The minimum absolute atomic E-state index is 0.763. The number of rotatable bonds is 5. The predicted octanol–water partition coefficient (Wildman–Crippen LogP) is 2.38. The highest BCUT2D eigenvalue weighted by atomic mass is 15.1. The second-order valence-electron chi connectivity index (χ2n) is 5.36. The van der Waals surface area contributed by atoms with Gasteiger partial charge in [-0.25, -0.2) is 0 Å². The molecule has 1 unspecified atom stereocenters. The van der Waals surface area contributed by atoms with Crippen LogP contribution in [-0.2, 0) is 6.54 Å². The summed E-state index contributed by atoms with van der Waals surface area (Å²) in [6.07, 6.45) is 2.62. The number of piperidine rings is 1. The topological polar surface area (TPSA) is 39.1 Å². The van der Waals surface area contributed by atoms with Crippen molar-refractivity contribution in [3.05, 3.63) is 35.4 Å². The SMILES string of the molecule is CCNCC1CCCN(Cc2cccc(C#N)c2)C1. The van der Waals surface area contributed by atoms with Gasteiger partial charge in [-0.15, -0.1) is 0 Å². The van der Waals surface area contributed by atoms with E-state index in [9.17, 15) is 0 Å². The predicted molar refractivity (Wildman–Crippen MR) is 77.7 cm³/mol. The highest BCUT2D eigenvalue weighted by molar-refractivity contribution is 5.32. The smallest absolute Gasteiger partial charge is 0.0991 e. The molecule has 3 heteroatoms. The number of benzene rings is 1. The summed E-state index contributed by atoms with van der Waals surface area (Å²) in [5.74, 6) is 0.771. The minimum Gasteiger partial charge on any atom is -0.317 e. The molecule has 1 aromatic rings. The molecule has 1 saturated heterocycles. The molecule has 1 fully saturated rings. The van der Waals surface area contributed by atoms with Crippen LogP contribution in [0.4, 0.5) is 0 Å². The Morgan fingerprint density at radius 1 is 1.47 bits per heavy atom. The van der Waals surface area contributed by atoms with E-state index in [0.29, 0.717) is 0 Å². The maximum Gasteiger partial charge on any atom is 0.0991 e. The van der Waals surface area contributed by atoms with Gasteiger partial charge in [0.25, 0.3) is 0 Å². The van der Waals surface area contributed by atoms with Crippen LogP contribution in [0.15, 0.2) is 24.3 Å². The number of hydrogen-bond acceptors (Lipinski definition) is 3. The molecule has 1 heterocycles. The van der Waals surface area contributed by atoms with Gasteiger partial charge < -0.3 is 5.32 Å². The summed E-state index contributed by atoms with van der Waals surface area (Å²) in [5.41, 5.74) is 2.02. The summed E-state index contributed by atoms with van der Waals surface area (Å²) in [6.45, 7) is 7.67. The van der Waals surface area contributed by atoms with Gasteiger partial charge in [0, 0.05) is 13.1 Å². The van der Waals surface area contributed by atoms with E-state index in [4.69, 9.17) is 5.26 Å². The molecular weight excluding hydrogens is 234 g/mol. The zero-order chi connectivity index (χ0) is 13.5. The Bertz CT molecular complexity index is 436. The van der Waals surface area contributed by atoms with E-state index in [1.807, 2.05) is 18.2 Å². The van der Waals surface area contributed by atoms with E-state index in [1.54, 1.807) is 0 Å². The number of nitrogens with one attached hydrogen (secondary N) is 1. The molecule has 1 aliphatic heterocycles. The Balaban J connectivity index is 1.89. The van der Waals surface area contributed by atoms with Crippen LogP contribution in [0, 0.1) is 17.2 Å². The van der Waals surface area contributed by atoms with Crippen LogP contribution >= 0.6 is 0 Å². The largest absolute Gasteiger partial charge is 0.317 e. The number of nitrogens with zero attached hydrogens (tertiary/aromatic N) is 2. The van der Waals surface area contributed by atoms with Crippen molar-refractivity contribution in [3.8, 4) is 6.07 Å². The lowest BCUT2D eigenvalue weighted by molar-refractivity contribution is 0.166. The maximum atomic E-state index is 8.94. The summed E-state index contributed by atoms with van der Waals surface area (Å²) < 4.78 is 0. The monoisotopic (exact) mass is 257 g/mol. The van der Waals surface area contributed by atoms with Crippen molar-refractivity contribution in [1.29, 1.82) is 5.26 Å². The first-order chi connectivity index (χ1) is 9.31. The van der Waals surface area contributed by atoms with Gasteiger partial charge in [-0.05, 0) is 56.1 Å². The lowest BCUT2D eigenvalue weighted by Gasteiger charge is -2.32. The Morgan fingerprint density at radius 2 is 2.37 bits per heavy atom. The third-order valence-electron chi connectivity index (χ3n) is 3.75. The van der Waals surface area contributed by atoms with Gasteiger partial charge in [-0.2, -0.15) is 5.26 Å². The van der Waals surface area contributed by atoms with Crippen molar-refractivity contribution in [1.82, 2.24) is 10.2 Å². The lowest BCUT2D eigenvalue weighted by Crippen LogP contribution is -2.39. The lowest BCUT2D eigenvalue weighted by atomic mass is 9.97. The second-order valence-corrected chi connectivity index (χ2v) is 5.36. The van der Waals surface area contributed by atoms with Crippen LogP contribution in [0.5, 0.6) is 0 Å². The molecule has 2 rings (SSSR count). The third-order valence-corrected chi connectivity index (χ3v) is 3.75. The van der Waals surface area contributed by atoms with Gasteiger partial charge in [0.05, 0.1) is 11.6 Å².